The predicted molar refractivity (Wildman–Crippen MR) is 59.0 cm³/mol. The molecule has 0 radical (unpaired) electrons. The van der Waals surface area contributed by atoms with E-state index in [4.69, 9.17) is 0 Å². The largest absolute Gasteiger partial charge is 0.200 e. The summed E-state index contributed by atoms with van der Waals surface area (Å²) in [5.41, 5.74) is 3.23. The predicted octanol–water partition coefficient (Wildman–Crippen LogP) is 2.37. The summed E-state index contributed by atoms with van der Waals surface area (Å²) < 4.78 is 1.74. The van der Waals surface area contributed by atoms with Crippen molar-refractivity contribution in [2.24, 2.45) is 0 Å². The van der Waals surface area contributed by atoms with Crippen LogP contribution < -0.4 is 0 Å². The van der Waals surface area contributed by atoms with Crippen LogP contribution in [-0.4, -0.2) is 19.8 Å². The minimum Gasteiger partial charge on any atom is -0.200 e. The van der Waals surface area contributed by atoms with E-state index in [9.17, 15) is 0 Å². The van der Waals surface area contributed by atoms with Crippen LogP contribution in [0.5, 0.6) is 0 Å². The Morgan fingerprint density at radius 1 is 1.13 bits per heavy atom. The molecule has 0 aliphatic carbocycles. The number of rotatable bonds is 2. The number of aromatic nitrogens is 4. The maximum Gasteiger partial charge on any atom is 0.177 e. The minimum absolute atomic E-state index is 0.425. The van der Waals surface area contributed by atoms with Crippen molar-refractivity contribution in [2.75, 3.05) is 0 Å². The fourth-order valence-electron chi connectivity index (χ4n) is 1.71. The highest BCUT2D eigenvalue weighted by atomic mass is 15.3. The molecule has 80 valence electrons. The first-order valence-electron chi connectivity index (χ1n) is 5.30. The van der Waals surface area contributed by atoms with E-state index in [1.165, 1.54) is 5.56 Å². The standard InChI is InChI=1S/C11H16N4/c1-7(2)9-5-10-13-12-6-15(10)14-11(9)8(3)4/h5-8H,1-4H3. The molecule has 15 heavy (non-hydrogen) atoms. The monoisotopic (exact) mass is 204 g/mol. The molecule has 0 unspecified atom stereocenters. The number of nitrogens with zero attached hydrogens (tertiary/aromatic N) is 4. The Kier molecular flexibility index (Phi) is 2.42. The zero-order valence-electron chi connectivity index (χ0n) is 9.60. The molecule has 0 bridgehead atoms. The molecule has 2 aromatic rings. The van der Waals surface area contributed by atoms with Crippen molar-refractivity contribution in [3.05, 3.63) is 23.7 Å². The summed E-state index contributed by atoms with van der Waals surface area (Å²) in [7, 11) is 0. The Labute approximate surface area is 89.3 Å². The van der Waals surface area contributed by atoms with Gasteiger partial charge in [0.1, 0.15) is 6.33 Å². The number of fused-ring (bicyclic) bond motifs is 1. The third kappa shape index (κ3) is 1.71. The molecule has 0 fully saturated rings. The average Bonchev–Trinajstić information content (AvgIpc) is 2.61. The summed E-state index contributed by atoms with van der Waals surface area (Å²) >= 11 is 0. The lowest BCUT2D eigenvalue weighted by Gasteiger charge is -2.14. The lowest BCUT2D eigenvalue weighted by molar-refractivity contribution is 0.715. The highest BCUT2D eigenvalue weighted by Gasteiger charge is 2.13. The van der Waals surface area contributed by atoms with Gasteiger partial charge in [-0.1, -0.05) is 27.7 Å². The fourth-order valence-corrected chi connectivity index (χ4v) is 1.71. The van der Waals surface area contributed by atoms with E-state index in [0.717, 1.165) is 11.3 Å². The molecule has 2 rings (SSSR count). The van der Waals surface area contributed by atoms with Crippen LogP contribution in [0.25, 0.3) is 5.65 Å². The maximum atomic E-state index is 4.55. The molecule has 0 amide bonds. The van der Waals surface area contributed by atoms with E-state index in [-0.39, 0.29) is 0 Å². The topological polar surface area (TPSA) is 43.1 Å². The molecule has 0 N–H and O–H groups in total. The van der Waals surface area contributed by atoms with Crippen LogP contribution in [0.15, 0.2) is 12.4 Å². The van der Waals surface area contributed by atoms with Gasteiger partial charge in [0.2, 0.25) is 0 Å². The number of hydrogen-bond donors (Lipinski definition) is 0. The van der Waals surface area contributed by atoms with E-state index in [1.54, 1.807) is 10.8 Å². The molecule has 2 heterocycles. The van der Waals surface area contributed by atoms with Crippen molar-refractivity contribution in [3.63, 3.8) is 0 Å². The molecule has 2 aromatic heterocycles. The zero-order valence-corrected chi connectivity index (χ0v) is 9.60. The lowest BCUT2D eigenvalue weighted by Crippen LogP contribution is -2.06. The smallest absolute Gasteiger partial charge is 0.177 e. The van der Waals surface area contributed by atoms with Gasteiger partial charge in [-0.05, 0) is 23.5 Å². The first-order chi connectivity index (χ1) is 7.09. The Bertz CT molecular complexity index is 428. The second-order valence-corrected chi connectivity index (χ2v) is 4.43. The maximum absolute atomic E-state index is 4.55. The van der Waals surface area contributed by atoms with Gasteiger partial charge in [-0.15, -0.1) is 10.2 Å². The van der Waals surface area contributed by atoms with Gasteiger partial charge in [-0.25, -0.2) is 4.52 Å². The second kappa shape index (κ2) is 3.61. The van der Waals surface area contributed by atoms with Gasteiger partial charge in [0, 0.05) is 0 Å². The summed E-state index contributed by atoms with van der Waals surface area (Å²) in [6.07, 6.45) is 1.64. The summed E-state index contributed by atoms with van der Waals surface area (Å²) in [4.78, 5) is 0. The van der Waals surface area contributed by atoms with Gasteiger partial charge in [-0.3, -0.25) is 0 Å². The quantitative estimate of drug-likeness (QED) is 0.754. The molecular formula is C11H16N4. The van der Waals surface area contributed by atoms with Gasteiger partial charge < -0.3 is 0 Å². The van der Waals surface area contributed by atoms with Gasteiger partial charge in [0.25, 0.3) is 0 Å². The first kappa shape index (κ1) is 10.1. The van der Waals surface area contributed by atoms with Crippen LogP contribution in [0.1, 0.15) is 50.8 Å². The third-order valence-electron chi connectivity index (χ3n) is 2.52. The minimum atomic E-state index is 0.425. The molecule has 4 nitrogen and oxygen atoms in total. The van der Waals surface area contributed by atoms with Crippen molar-refractivity contribution in [1.29, 1.82) is 0 Å². The van der Waals surface area contributed by atoms with Gasteiger partial charge in [-0.2, -0.15) is 5.10 Å². The lowest BCUT2D eigenvalue weighted by atomic mass is 9.96. The van der Waals surface area contributed by atoms with Crippen LogP contribution >= 0.6 is 0 Å². The highest BCUT2D eigenvalue weighted by Crippen LogP contribution is 2.24. The van der Waals surface area contributed by atoms with Gasteiger partial charge >= 0.3 is 0 Å². The summed E-state index contributed by atoms with van der Waals surface area (Å²) in [5.74, 6) is 0.894. The van der Waals surface area contributed by atoms with Crippen LogP contribution in [0.2, 0.25) is 0 Å². The first-order valence-corrected chi connectivity index (χ1v) is 5.30. The molecule has 0 saturated heterocycles. The molecule has 4 heteroatoms. The van der Waals surface area contributed by atoms with E-state index >= 15 is 0 Å². The molecular weight excluding hydrogens is 188 g/mol. The Morgan fingerprint density at radius 3 is 2.47 bits per heavy atom. The van der Waals surface area contributed by atoms with Crippen molar-refractivity contribution < 1.29 is 0 Å². The normalized spacial score (nSPS) is 11.9. The van der Waals surface area contributed by atoms with Crippen molar-refractivity contribution in [1.82, 2.24) is 19.8 Å². The van der Waals surface area contributed by atoms with Crippen LogP contribution in [0.4, 0.5) is 0 Å². The Hall–Kier alpha value is -1.45. The molecule has 0 aliphatic heterocycles. The SMILES string of the molecule is CC(C)c1cc2nncn2nc1C(C)C. The average molecular weight is 204 g/mol. The summed E-state index contributed by atoms with van der Waals surface area (Å²) in [5, 5.41) is 12.4. The van der Waals surface area contributed by atoms with E-state index in [0.29, 0.717) is 11.8 Å². The molecule has 0 spiro atoms. The van der Waals surface area contributed by atoms with Gasteiger partial charge in [0.05, 0.1) is 5.69 Å². The van der Waals surface area contributed by atoms with Crippen molar-refractivity contribution >= 4 is 5.65 Å². The third-order valence-corrected chi connectivity index (χ3v) is 2.52. The van der Waals surface area contributed by atoms with E-state index in [1.807, 2.05) is 0 Å². The summed E-state index contributed by atoms with van der Waals surface area (Å²) in [6.45, 7) is 8.67. The fraction of sp³-hybridized carbons (Fsp3) is 0.545. The van der Waals surface area contributed by atoms with Gasteiger partial charge in [0.15, 0.2) is 5.65 Å². The Morgan fingerprint density at radius 2 is 1.87 bits per heavy atom. The molecule has 0 atom stereocenters. The number of hydrogen-bond acceptors (Lipinski definition) is 3. The highest BCUT2D eigenvalue weighted by molar-refractivity contribution is 5.42. The van der Waals surface area contributed by atoms with Crippen molar-refractivity contribution in [3.8, 4) is 0 Å². The van der Waals surface area contributed by atoms with E-state index < -0.39 is 0 Å². The van der Waals surface area contributed by atoms with E-state index in [2.05, 4.69) is 49.1 Å². The Balaban J connectivity index is 2.68. The van der Waals surface area contributed by atoms with Crippen LogP contribution in [0.3, 0.4) is 0 Å². The molecule has 0 saturated carbocycles. The molecule has 0 aromatic carbocycles. The summed E-state index contributed by atoms with van der Waals surface area (Å²) in [6, 6.07) is 2.08. The zero-order chi connectivity index (χ0) is 11.0. The second-order valence-electron chi connectivity index (χ2n) is 4.43. The van der Waals surface area contributed by atoms with Crippen LogP contribution in [-0.2, 0) is 0 Å². The van der Waals surface area contributed by atoms with Crippen molar-refractivity contribution in [2.45, 2.75) is 39.5 Å². The van der Waals surface area contributed by atoms with Crippen LogP contribution in [0, 0.1) is 0 Å². The molecule has 0 aliphatic rings.